The lowest BCUT2D eigenvalue weighted by atomic mass is 10.1. The zero-order valence-electron chi connectivity index (χ0n) is 9.59. The third-order valence-corrected chi connectivity index (χ3v) is 2.70. The molecule has 3 aromatic rings. The van der Waals surface area contributed by atoms with Crippen LogP contribution in [-0.4, -0.2) is 24.5 Å². The molecule has 0 saturated heterocycles. The lowest BCUT2D eigenvalue weighted by Crippen LogP contribution is -1.97. The number of rotatable bonds is 2. The number of benzene rings is 1. The topological polar surface area (TPSA) is 112 Å². The van der Waals surface area contributed by atoms with Crippen LogP contribution in [0.25, 0.3) is 17.0 Å². The molecule has 2 heterocycles. The first-order valence-electron chi connectivity index (χ1n) is 5.36. The van der Waals surface area contributed by atoms with E-state index in [0.717, 1.165) is 0 Å². The van der Waals surface area contributed by atoms with Crippen molar-refractivity contribution in [3.8, 4) is 11.4 Å². The molecule has 0 saturated carbocycles. The van der Waals surface area contributed by atoms with Gasteiger partial charge in [0.25, 0.3) is 5.69 Å². The highest BCUT2D eigenvalue weighted by atomic mass is 16.6. The highest BCUT2D eigenvalue weighted by Crippen LogP contribution is 2.28. The molecule has 0 radical (unpaired) electrons. The van der Waals surface area contributed by atoms with E-state index in [2.05, 4.69) is 15.2 Å². The van der Waals surface area contributed by atoms with Crippen molar-refractivity contribution in [2.75, 3.05) is 5.73 Å². The standard InChI is InChI=1S/C11H8N6O2/c12-9-5-7(17(18)19)1-2-8(9)11-15-14-10-6-13-3-4-16(10)11/h1-6H,12H2. The predicted octanol–water partition coefficient (Wildman–Crippen LogP) is 1.28. The quantitative estimate of drug-likeness (QED) is 0.420. The molecule has 8 heteroatoms. The first-order chi connectivity index (χ1) is 9.16. The van der Waals surface area contributed by atoms with Gasteiger partial charge in [0.1, 0.15) is 0 Å². The molecule has 1 aromatic carbocycles. The number of anilines is 1. The first-order valence-corrected chi connectivity index (χ1v) is 5.36. The number of nitrogens with zero attached hydrogens (tertiary/aromatic N) is 5. The molecule has 2 aromatic heterocycles. The van der Waals surface area contributed by atoms with E-state index in [-0.39, 0.29) is 11.4 Å². The predicted molar refractivity (Wildman–Crippen MR) is 67.3 cm³/mol. The van der Waals surface area contributed by atoms with E-state index in [0.29, 0.717) is 17.0 Å². The van der Waals surface area contributed by atoms with Crippen LogP contribution in [0, 0.1) is 10.1 Å². The van der Waals surface area contributed by atoms with Gasteiger partial charge in [-0.25, -0.2) is 0 Å². The van der Waals surface area contributed by atoms with E-state index < -0.39 is 4.92 Å². The Bertz CT molecular complexity index is 782. The number of hydrogen-bond donors (Lipinski definition) is 1. The number of non-ortho nitro benzene ring substituents is 1. The molecule has 0 fully saturated rings. The maximum Gasteiger partial charge on any atom is 0.271 e. The van der Waals surface area contributed by atoms with E-state index in [1.165, 1.54) is 12.1 Å². The Morgan fingerprint density at radius 3 is 2.89 bits per heavy atom. The summed E-state index contributed by atoms with van der Waals surface area (Å²) in [6.07, 6.45) is 4.87. The summed E-state index contributed by atoms with van der Waals surface area (Å²) < 4.78 is 1.71. The van der Waals surface area contributed by atoms with Crippen molar-refractivity contribution in [3.05, 3.63) is 46.9 Å². The zero-order valence-corrected chi connectivity index (χ0v) is 9.59. The summed E-state index contributed by atoms with van der Waals surface area (Å²) in [6, 6.07) is 4.25. The van der Waals surface area contributed by atoms with Gasteiger partial charge in [0.2, 0.25) is 0 Å². The van der Waals surface area contributed by atoms with Crippen LogP contribution < -0.4 is 5.73 Å². The number of aromatic nitrogens is 4. The van der Waals surface area contributed by atoms with Crippen molar-refractivity contribution in [2.45, 2.75) is 0 Å². The van der Waals surface area contributed by atoms with E-state index in [4.69, 9.17) is 5.73 Å². The van der Waals surface area contributed by atoms with Gasteiger partial charge in [-0.1, -0.05) is 0 Å². The Kier molecular flexibility index (Phi) is 2.34. The number of nitro benzene ring substituents is 1. The fraction of sp³-hybridized carbons (Fsp3) is 0. The fourth-order valence-electron chi connectivity index (χ4n) is 1.80. The van der Waals surface area contributed by atoms with Crippen LogP contribution in [0.1, 0.15) is 0 Å². The monoisotopic (exact) mass is 256 g/mol. The Balaban J connectivity index is 2.19. The molecular formula is C11H8N6O2. The van der Waals surface area contributed by atoms with Gasteiger partial charge in [-0.3, -0.25) is 19.5 Å². The molecule has 0 bridgehead atoms. The zero-order chi connectivity index (χ0) is 13.4. The average Bonchev–Trinajstić information content (AvgIpc) is 2.82. The van der Waals surface area contributed by atoms with E-state index >= 15 is 0 Å². The lowest BCUT2D eigenvalue weighted by Gasteiger charge is -2.03. The third kappa shape index (κ3) is 1.75. The molecule has 19 heavy (non-hydrogen) atoms. The van der Waals surface area contributed by atoms with E-state index in [1.807, 2.05) is 0 Å². The van der Waals surface area contributed by atoms with Gasteiger partial charge in [0.15, 0.2) is 11.5 Å². The summed E-state index contributed by atoms with van der Waals surface area (Å²) in [7, 11) is 0. The van der Waals surface area contributed by atoms with Gasteiger partial charge in [-0.15, -0.1) is 10.2 Å². The number of nitro groups is 1. The Morgan fingerprint density at radius 1 is 1.32 bits per heavy atom. The molecule has 2 N–H and O–H groups in total. The maximum absolute atomic E-state index is 10.7. The lowest BCUT2D eigenvalue weighted by molar-refractivity contribution is -0.384. The highest BCUT2D eigenvalue weighted by molar-refractivity contribution is 5.75. The average molecular weight is 256 g/mol. The molecule has 0 unspecified atom stereocenters. The van der Waals surface area contributed by atoms with Crippen LogP contribution in [-0.2, 0) is 0 Å². The second-order valence-electron chi connectivity index (χ2n) is 3.86. The number of fused-ring (bicyclic) bond motifs is 1. The summed E-state index contributed by atoms with van der Waals surface area (Å²) in [6.45, 7) is 0. The van der Waals surface area contributed by atoms with Crippen LogP contribution >= 0.6 is 0 Å². The number of hydrogen-bond acceptors (Lipinski definition) is 6. The second-order valence-corrected chi connectivity index (χ2v) is 3.86. The molecule has 94 valence electrons. The Labute approximate surface area is 106 Å². The van der Waals surface area contributed by atoms with Crippen LogP contribution in [0.15, 0.2) is 36.8 Å². The van der Waals surface area contributed by atoms with Gasteiger partial charge in [-0.05, 0) is 6.07 Å². The van der Waals surface area contributed by atoms with Gasteiger partial charge >= 0.3 is 0 Å². The smallest absolute Gasteiger partial charge is 0.271 e. The number of nitrogen functional groups attached to an aromatic ring is 1. The summed E-state index contributed by atoms with van der Waals surface area (Å²) in [5.74, 6) is 0.518. The van der Waals surface area contributed by atoms with Crippen LogP contribution in [0.3, 0.4) is 0 Å². The van der Waals surface area contributed by atoms with Crippen molar-refractivity contribution < 1.29 is 4.92 Å². The van der Waals surface area contributed by atoms with E-state index in [1.54, 1.807) is 29.1 Å². The third-order valence-electron chi connectivity index (χ3n) is 2.70. The van der Waals surface area contributed by atoms with Gasteiger partial charge in [0.05, 0.1) is 11.1 Å². The molecular weight excluding hydrogens is 248 g/mol. The molecule has 0 atom stereocenters. The molecule has 8 nitrogen and oxygen atoms in total. The number of nitrogens with two attached hydrogens (primary N) is 1. The molecule has 0 aliphatic heterocycles. The normalized spacial score (nSPS) is 10.7. The van der Waals surface area contributed by atoms with E-state index in [9.17, 15) is 10.1 Å². The van der Waals surface area contributed by atoms with Crippen LogP contribution in [0.2, 0.25) is 0 Å². The van der Waals surface area contributed by atoms with Gasteiger partial charge in [-0.2, -0.15) is 0 Å². The van der Waals surface area contributed by atoms with Crippen molar-refractivity contribution >= 4 is 17.0 Å². The summed E-state index contributed by atoms with van der Waals surface area (Å²) in [5.41, 5.74) is 7.23. The minimum Gasteiger partial charge on any atom is -0.398 e. The van der Waals surface area contributed by atoms with Crippen molar-refractivity contribution in [2.24, 2.45) is 0 Å². The Hall–Kier alpha value is -3.03. The van der Waals surface area contributed by atoms with Crippen molar-refractivity contribution in [1.29, 1.82) is 0 Å². The minimum absolute atomic E-state index is 0.0586. The van der Waals surface area contributed by atoms with Gasteiger partial charge < -0.3 is 5.73 Å². The summed E-state index contributed by atoms with van der Waals surface area (Å²) in [5, 5.41) is 18.7. The van der Waals surface area contributed by atoms with Crippen molar-refractivity contribution in [1.82, 2.24) is 19.6 Å². The SMILES string of the molecule is Nc1cc([N+](=O)[O-])ccc1-c1nnc2cnccn12. The van der Waals surface area contributed by atoms with Crippen LogP contribution in [0.4, 0.5) is 11.4 Å². The molecule has 0 spiro atoms. The highest BCUT2D eigenvalue weighted by Gasteiger charge is 2.14. The molecule has 0 amide bonds. The summed E-state index contributed by atoms with van der Waals surface area (Å²) in [4.78, 5) is 14.1. The summed E-state index contributed by atoms with van der Waals surface area (Å²) >= 11 is 0. The Morgan fingerprint density at radius 2 is 2.16 bits per heavy atom. The fourth-order valence-corrected chi connectivity index (χ4v) is 1.80. The second kappa shape index (κ2) is 4.02. The maximum atomic E-state index is 10.7. The van der Waals surface area contributed by atoms with Crippen molar-refractivity contribution in [3.63, 3.8) is 0 Å². The molecule has 0 aliphatic rings. The largest absolute Gasteiger partial charge is 0.398 e. The minimum atomic E-state index is -0.494. The van der Waals surface area contributed by atoms with Crippen LogP contribution in [0.5, 0.6) is 0 Å². The first kappa shape index (κ1) is 11.1. The van der Waals surface area contributed by atoms with Gasteiger partial charge in [0, 0.05) is 35.8 Å². The molecule has 0 aliphatic carbocycles. The molecule has 3 rings (SSSR count).